The second-order valence-corrected chi connectivity index (χ2v) is 4.82. The van der Waals surface area contributed by atoms with Crippen molar-refractivity contribution in [2.45, 2.75) is 12.8 Å². The van der Waals surface area contributed by atoms with Crippen LogP contribution in [0.15, 0.2) is 30.7 Å². The van der Waals surface area contributed by atoms with Gasteiger partial charge in [0.15, 0.2) is 0 Å². The number of hydrogen-bond donors (Lipinski definition) is 1. The Balaban J connectivity index is 2.15. The smallest absolute Gasteiger partial charge is 0.303 e. The lowest BCUT2D eigenvalue weighted by Gasteiger charge is -2.17. The molecule has 0 aliphatic heterocycles. The number of nitrogens with zero attached hydrogens (tertiary/aromatic N) is 4. The van der Waals surface area contributed by atoms with Crippen LogP contribution in [0.25, 0.3) is 5.82 Å². The largest absolute Gasteiger partial charge is 0.481 e. The third-order valence-corrected chi connectivity index (χ3v) is 3.22. The van der Waals surface area contributed by atoms with Crippen molar-refractivity contribution in [3.05, 3.63) is 36.3 Å². The maximum Gasteiger partial charge on any atom is 0.303 e. The van der Waals surface area contributed by atoms with Crippen LogP contribution in [0.4, 0.5) is 0 Å². The Kier molecular flexibility index (Phi) is 4.42. The predicted molar refractivity (Wildman–Crippen MR) is 76.4 cm³/mol. The highest BCUT2D eigenvalue weighted by atomic mass is 16.4. The number of aromatic nitrogens is 3. The van der Waals surface area contributed by atoms with E-state index in [0.29, 0.717) is 24.3 Å². The van der Waals surface area contributed by atoms with Gasteiger partial charge < -0.3 is 14.6 Å². The Labute approximate surface area is 122 Å². The minimum atomic E-state index is -0.856. The molecule has 0 spiro atoms. The Hall–Kier alpha value is -2.57. The zero-order chi connectivity index (χ0) is 15.4. The molecule has 21 heavy (non-hydrogen) atoms. The Morgan fingerprint density at radius 1 is 1.33 bits per heavy atom. The molecule has 112 valence electrons. The molecule has 0 radical (unpaired) electrons. The van der Waals surface area contributed by atoms with Gasteiger partial charge in [0, 0.05) is 39.5 Å². The number of carbonyl (C=O) groups excluding carboxylic acids is 1. The first-order valence-electron chi connectivity index (χ1n) is 6.63. The van der Waals surface area contributed by atoms with Crippen LogP contribution >= 0.6 is 0 Å². The molecule has 0 aliphatic rings. The second-order valence-electron chi connectivity index (χ2n) is 4.82. The zero-order valence-corrected chi connectivity index (χ0v) is 12.1. The van der Waals surface area contributed by atoms with Crippen molar-refractivity contribution in [1.29, 1.82) is 0 Å². The number of amides is 1. The van der Waals surface area contributed by atoms with E-state index in [1.54, 1.807) is 18.8 Å². The summed E-state index contributed by atoms with van der Waals surface area (Å²) in [6.45, 7) is 0.394. The molecule has 7 nitrogen and oxygen atoms in total. The third kappa shape index (κ3) is 3.31. The first kappa shape index (κ1) is 14.8. The van der Waals surface area contributed by atoms with Crippen LogP contribution in [0.2, 0.25) is 0 Å². The average Bonchev–Trinajstić information content (AvgIpc) is 3.06. The fourth-order valence-electron chi connectivity index (χ4n) is 2.14. The maximum atomic E-state index is 12.5. The molecule has 0 saturated carbocycles. The molecule has 0 unspecified atom stereocenters. The van der Waals surface area contributed by atoms with Crippen LogP contribution in [0.1, 0.15) is 23.2 Å². The lowest BCUT2D eigenvalue weighted by atomic mass is 10.2. The summed E-state index contributed by atoms with van der Waals surface area (Å²) in [5.74, 6) is -0.336. The summed E-state index contributed by atoms with van der Waals surface area (Å²) in [5, 5.41) is 12.8. The van der Waals surface area contributed by atoms with Gasteiger partial charge >= 0.3 is 5.97 Å². The van der Waals surface area contributed by atoms with Crippen LogP contribution in [-0.4, -0.2) is 49.8 Å². The monoisotopic (exact) mass is 290 g/mol. The Morgan fingerprint density at radius 2 is 2.00 bits per heavy atom. The highest BCUT2D eigenvalue weighted by Gasteiger charge is 2.20. The third-order valence-electron chi connectivity index (χ3n) is 3.22. The average molecular weight is 290 g/mol. The predicted octanol–water partition coefficient (Wildman–Crippen LogP) is 1.15. The summed E-state index contributed by atoms with van der Waals surface area (Å²) < 4.78 is 3.46. The van der Waals surface area contributed by atoms with E-state index in [4.69, 9.17) is 5.11 Å². The summed E-state index contributed by atoms with van der Waals surface area (Å²) >= 11 is 0. The van der Waals surface area contributed by atoms with Gasteiger partial charge in [0.25, 0.3) is 5.91 Å². The van der Waals surface area contributed by atoms with Gasteiger partial charge in [-0.15, -0.1) is 0 Å². The van der Waals surface area contributed by atoms with Crippen molar-refractivity contribution in [2.24, 2.45) is 7.05 Å². The summed E-state index contributed by atoms with van der Waals surface area (Å²) in [7, 11) is 3.44. The van der Waals surface area contributed by atoms with Crippen LogP contribution in [-0.2, 0) is 11.8 Å². The topological polar surface area (TPSA) is 80.4 Å². The second kappa shape index (κ2) is 6.25. The van der Waals surface area contributed by atoms with Gasteiger partial charge in [-0.25, -0.2) is 0 Å². The lowest BCUT2D eigenvalue weighted by molar-refractivity contribution is -0.137. The lowest BCUT2D eigenvalue weighted by Crippen LogP contribution is -2.28. The van der Waals surface area contributed by atoms with Gasteiger partial charge in [0.05, 0.1) is 6.20 Å². The molecule has 0 bridgehead atoms. The van der Waals surface area contributed by atoms with Crippen molar-refractivity contribution in [3.63, 3.8) is 0 Å². The molecule has 2 aromatic rings. The molecule has 0 saturated heterocycles. The first-order valence-corrected chi connectivity index (χ1v) is 6.63. The number of carbonyl (C=O) groups is 2. The van der Waals surface area contributed by atoms with Gasteiger partial charge in [-0.2, -0.15) is 5.10 Å². The number of aliphatic carboxylic acids is 1. The van der Waals surface area contributed by atoms with E-state index in [1.165, 1.54) is 11.1 Å². The minimum Gasteiger partial charge on any atom is -0.481 e. The van der Waals surface area contributed by atoms with Gasteiger partial charge in [-0.1, -0.05) is 0 Å². The van der Waals surface area contributed by atoms with Crippen LogP contribution in [0, 0.1) is 0 Å². The number of carboxylic acid groups (broad SMARTS) is 1. The molecule has 2 rings (SSSR count). The highest BCUT2D eigenvalue weighted by molar-refractivity contribution is 5.96. The van der Waals surface area contributed by atoms with E-state index in [9.17, 15) is 9.59 Å². The molecule has 0 aliphatic carbocycles. The molecule has 1 N–H and O–H groups in total. The standard InChI is InChI=1S/C14H18N4O3/c1-16(7-5-6-12(19)20)14(21)11-10-15-17(2)13(11)18-8-3-4-9-18/h3-4,8-10H,5-7H2,1-2H3,(H,19,20). The maximum absolute atomic E-state index is 12.5. The van der Waals surface area contributed by atoms with Crippen molar-refractivity contribution in [1.82, 2.24) is 19.2 Å². The summed E-state index contributed by atoms with van der Waals surface area (Å²) in [6.07, 6.45) is 5.70. The number of hydrogen-bond acceptors (Lipinski definition) is 3. The van der Waals surface area contributed by atoms with E-state index in [2.05, 4.69) is 5.10 Å². The van der Waals surface area contributed by atoms with Gasteiger partial charge in [0.1, 0.15) is 11.4 Å². The molecule has 0 aromatic carbocycles. The fraction of sp³-hybridized carbons (Fsp3) is 0.357. The molecular weight excluding hydrogens is 272 g/mol. The van der Waals surface area contributed by atoms with Gasteiger partial charge in [0.2, 0.25) is 0 Å². The zero-order valence-electron chi connectivity index (χ0n) is 12.1. The van der Waals surface area contributed by atoms with Crippen LogP contribution < -0.4 is 0 Å². The number of rotatable bonds is 6. The van der Waals surface area contributed by atoms with Crippen molar-refractivity contribution >= 4 is 11.9 Å². The molecule has 2 aromatic heterocycles. The van der Waals surface area contributed by atoms with Gasteiger partial charge in [-0.05, 0) is 18.6 Å². The van der Waals surface area contributed by atoms with Crippen molar-refractivity contribution in [2.75, 3.05) is 13.6 Å². The Bertz CT molecular complexity index is 631. The van der Waals surface area contributed by atoms with Crippen LogP contribution in [0.3, 0.4) is 0 Å². The molecule has 7 heteroatoms. The van der Waals surface area contributed by atoms with Crippen molar-refractivity contribution < 1.29 is 14.7 Å². The van der Waals surface area contributed by atoms with E-state index >= 15 is 0 Å². The number of carboxylic acids is 1. The minimum absolute atomic E-state index is 0.0507. The SMILES string of the molecule is CN(CCCC(=O)O)C(=O)c1cnn(C)c1-n1cccc1. The molecule has 1 amide bonds. The highest BCUT2D eigenvalue weighted by Crippen LogP contribution is 2.16. The normalized spacial score (nSPS) is 10.6. The fourth-order valence-corrected chi connectivity index (χ4v) is 2.14. The van der Waals surface area contributed by atoms with Crippen molar-refractivity contribution in [3.8, 4) is 5.82 Å². The summed E-state index contributed by atoms with van der Waals surface area (Å²) in [6, 6.07) is 3.75. The molecular formula is C14H18N4O3. The van der Waals surface area contributed by atoms with E-state index < -0.39 is 5.97 Å². The first-order chi connectivity index (χ1) is 10.0. The Morgan fingerprint density at radius 3 is 2.62 bits per heavy atom. The molecule has 2 heterocycles. The number of aryl methyl sites for hydroxylation is 1. The summed E-state index contributed by atoms with van der Waals surface area (Å²) in [5.41, 5.74) is 0.492. The van der Waals surface area contributed by atoms with E-state index in [1.807, 2.05) is 29.1 Å². The van der Waals surface area contributed by atoms with Crippen LogP contribution in [0.5, 0.6) is 0 Å². The summed E-state index contributed by atoms with van der Waals surface area (Å²) in [4.78, 5) is 24.5. The quantitative estimate of drug-likeness (QED) is 0.865. The van der Waals surface area contributed by atoms with Gasteiger partial charge in [-0.3, -0.25) is 14.3 Å². The van der Waals surface area contributed by atoms with E-state index in [-0.39, 0.29) is 12.3 Å². The molecule has 0 atom stereocenters. The van der Waals surface area contributed by atoms with E-state index in [0.717, 1.165) is 0 Å². The molecule has 0 fully saturated rings.